The lowest BCUT2D eigenvalue weighted by Gasteiger charge is -2.25. The van der Waals surface area contributed by atoms with Gasteiger partial charge in [-0.1, -0.05) is 45.0 Å². The van der Waals surface area contributed by atoms with Crippen molar-refractivity contribution in [2.45, 2.75) is 39.2 Å². The number of likely N-dealkylation sites (tertiary alicyclic amines) is 1. The monoisotopic (exact) mass is 437 g/mol. The van der Waals surface area contributed by atoms with E-state index in [0.717, 1.165) is 17.5 Å². The molecular formula is C26H31NO5. The van der Waals surface area contributed by atoms with E-state index in [1.165, 1.54) is 4.90 Å². The maximum Gasteiger partial charge on any atom is 0.295 e. The number of rotatable bonds is 9. The summed E-state index contributed by atoms with van der Waals surface area (Å²) in [7, 11) is 1.55. The molecule has 1 unspecified atom stereocenters. The largest absolute Gasteiger partial charge is 0.507 e. The lowest BCUT2D eigenvalue weighted by Crippen LogP contribution is -2.32. The molecule has 0 saturated carbocycles. The number of ether oxygens (including phenoxy) is 2. The van der Waals surface area contributed by atoms with Crippen LogP contribution in [-0.4, -0.2) is 48.6 Å². The first-order chi connectivity index (χ1) is 15.4. The molecule has 1 atom stereocenters. The fraction of sp³-hybridized carbons (Fsp3) is 0.385. The average molecular weight is 438 g/mol. The third-order valence-electron chi connectivity index (χ3n) is 5.60. The van der Waals surface area contributed by atoms with Crippen molar-refractivity contribution in [2.24, 2.45) is 0 Å². The third-order valence-corrected chi connectivity index (χ3v) is 5.60. The van der Waals surface area contributed by atoms with E-state index in [1.807, 2.05) is 31.2 Å². The van der Waals surface area contributed by atoms with Crippen LogP contribution in [0.25, 0.3) is 5.76 Å². The van der Waals surface area contributed by atoms with Gasteiger partial charge < -0.3 is 19.5 Å². The van der Waals surface area contributed by atoms with E-state index in [0.29, 0.717) is 23.8 Å². The number of carbonyl (C=O) groups is 2. The highest BCUT2D eigenvalue weighted by Gasteiger charge is 2.45. The normalized spacial score (nSPS) is 17.9. The second kappa shape index (κ2) is 10.5. The van der Waals surface area contributed by atoms with Gasteiger partial charge in [-0.2, -0.15) is 0 Å². The van der Waals surface area contributed by atoms with E-state index in [9.17, 15) is 14.7 Å². The second-order valence-corrected chi connectivity index (χ2v) is 8.18. The van der Waals surface area contributed by atoms with Gasteiger partial charge in [0.05, 0.1) is 24.8 Å². The number of aliphatic hydroxyl groups excluding tert-OH is 1. The molecule has 3 rings (SSSR count). The summed E-state index contributed by atoms with van der Waals surface area (Å²) < 4.78 is 10.7. The summed E-state index contributed by atoms with van der Waals surface area (Å²) in [6, 6.07) is 14.0. The molecule has 1 aliphatic rings. The fourth-order valence-corrected chi connectivity index (χ4v) is 3.79. The molecule has 1 fully saturated rings. The van der Waals surface area contributed by atoms with Crippen molar-refractivity contribution < 1.29 is 24.2 Å². The van der Waals surface area contributed by atoms with Crippen molar-refractivity contribution >= 4 is 17.4 Å². The van der Waals surface area contributed by atoms with Gasteiger partial charge in [-0.3, -0.25) is 9.59 Å². The van der Waals surface area contributed by atoms with Gasteiger partial charge in [0.25, 0.3) is 11.7 Å². The lowest BCUT2D eigenvalue weighted by molar-refractivity contribution is -0.140. The van der Waals surface area contributed by atoms with Crippen LogP contribution in [0.2, 0.25) is 0 Å². The molecule has 6 nitrogen and oxygen atoms in total. The third kappa shape index (κ3) is 4.86. The minimum Gasteiger partial charge on any atom is -0.507 e. The molecule has 1 N–H and O–H groups in total. The van der Waals surface area contributed by atoms with Crippen molar-refractivity contribution in [3.05, 3.63) is 70.8 Å². The summed E-state index contributed by atoms with van der Waals surface area (Å²) >= 11 is 0. The van der Waals surface area contributed by atoms with Crippen molar-refractivity contribution in [3.8, 4) is 5.75 Å². The number of Topliss-reactive ketones (excluding diaryl/α,β-unsaturated/α-hetero) is 1. The van der Waals surface area contributed by atoms with Crippen molar-refractivity contribution in [1.29, 1.82) is 0 Å². The van der Waals surface area contributed by atoms with E-state index in [-0.39, 0.29) is 24.5 Å². The van der Waals surface area contributed by atoms with Crippen LogP contribution in [0.1, 0.15) is 55.8 Å². The van der Waals surface area contributed by atoms with Gasteiger partial charge in [0, 0.05) is 19.2 Å². The predicted octanol–water partition coefficient (Wildman–Crippen LogP) is 4.67. The average Bonchev–Trinajstić information content (AvgIpc) is 3.06. The first-order valence-corrected chi connectivity index (χ1v) is 11.0. The first kappa shape index (κ1) is 23.5. The first-order valence-electron chi connectivity index (χ1n) is 11.0. The Morgan fingerprint density at radius 1 is 1.03 bits per heavy atom. The highest BCUT2D eigenvalue weighted by atomic mass is 16.5. The molecule has 0 aromatic heterocycles. The molecule has 1 aliphatic heterocycles. The smallest absolute Gasteiger partial charge is 0.295 e. The van der Waals surface area contributed by atoms with Crippen molar-refractivity contribution in [2.75, 3.05) is 26.9 Å². The number of nitrogens with zero attached hydrogens (tertiary/aromatic N) is 1. The second-order valence-electron chi connectivity index (χ2n) is 8.18. The Morgan fingerprint density at radius 2 is 1.69 bits per heavy atom. The zero-order valence-electron chi connectivity index (χ0n) is 19.1. The van der Waals surface area contributed by atoms with Crippen LogP contribution >= 0.6 is 0 Å². The number of amides is 1. The van der Waals surface area contributed by atoms with Gasteiger partial charge in [-0.25, -0.2) is 0 Å². The van der Waals surface area contributed by atoms with Crippen LogP contribution < -0.4 is 4.74 Å². The molecule has 32 heavy (non-hydrogen) atoms. The van der Waals surface area contributed by atoms with E-state index >= 15 is 0 Å². The molecule has 0 aliphatic carbocycles. The van der Waals surface area contributed by atoms with Crippen molar-refractivity contribution in [1.82, 2.24) is 4.90 Å². The molecule has 1 amide bonds. The van der Waals surface area contributed by atoms with Gasteiger partial charge in [-0.05, 0) is 47.7 Å². The minimum atomic E-state index is -0.692. The molecule has 1 heterocycles. The summed E-state index contributed by atoms with van der Waals surface area (Å²) in [4.78, 5) is 27.3. The molecule has 0 bridgehead atoms. The summed E-state index contributed by atoms with van der Waals surface area (Å²) in [5, 5.41) is 11.1. The fourth-order valence-electron chi connectivity index (χ4n) is 3.79. The Morgan fingerprint density at radius 3 is 2.25 bits per heavy atom. The van der Waals surface area contributed by atoms with Crippen LogP contribution in [0.4, 0.5) is 0 Å². The number of hydrogen-bond acceptors (Lipinski definition) is 5. The van der Waals surface area contributed by atoms with Crippen LogP contribution in [0.5, 0.6) is 5.75 Å². The molecule has 0 radical (unpaired) electrons. The topological polar surface area (TPSA) is 76.1 Å². The number of benzene rings is 2. The van der Waals surface area contributed by atoms with E-state index in [4.69, 9.17) is 9.47 Å². The molecule has 1 saturated heterocycles. The summed E-state index contributed by atoms with van der Waals surface area (Å²) in [6.45, 7) is 7.37. The van der Waals surface area contributed by atoms with Gasteiger partial charge in [0.15, 0.2) is 0 Å². The van der Waals surface area contributed by atoms with Gasteiger partial charge in [0.1, 0.15) is 11.5 Å². The Hall–Kier alpha value is -3.12. The number of ketones is 1. The standard InChI is InChI=1S/C26H31NO5/c1-5-15-32-21-12-10-20(11-13-21)24(28)22-23(19-8-6-18(7-9-19)17(2)3)27(14-16-31-4)26(30)25(22)29/h6-13,17,23,28H,5,14-16H2,1-4H3/b24-22-. The number of hydrogen-bond donors (Lipinski definition) is 1. The quantitative estimate of drug-likeness (QED) is 0.351. The Labute approximate surface area is 189 Å². The van der Waals surface area contributed by atoms with Crippen LogP contribution in [-0.2, 0) is 14.3 Å². The highest BCUT2D eigenvalue weighted by molar-refractivity contribution is 6.46. The Kier molecular flexibility index (Phi) is 7.70. The molecule has 6 heteroatoms. The molecule has 2 aromatic carbocycles. The van der Waals surface area contributed by atoms with Gasteiger partial charge in [-0.15, -0.1) is 0 Å². The highest BCUT2D eigenvalue weighted by Crippen LogP contribution is 2.39. The number of carbonyl (C=O) groups excluding carboxylic acids is 2. The summed E-state index contributed by atoms with van der Waals surface area (Å²) in [5.41, 5.74) is 2.48. The zero-order chi connectivity index (χ0) is 23.3. The maximum absolute atomic E-state index is 13.0. The number of aliphatic hydroxyl groups is 1. The Balaban J connectivity index is 2.05. The Bertz CT molecular complexity index is 976. The molecule has 2 aromatic rings. The van der Waals surface area contributed by atoms with E-state index in [1.54, 1.807) is 31.4 Å². The molecule has 170 valence electrons. The van der Waals surface area contributed by atoms with Gasteiger partial charge in [0.2, 0.25) is 0 Å². The van der Waals surface area contributed by atoms with Gasteiger partial charge >= 0.3 is 0 Å². The van der Waals surface area contributed by atoms with Crippen molar-refractivity contribution in [3.63, 3.8) is 0 Å². The molecule has 0 spiro atoms. The molecular weight excluding hydrogens is 406 g/mol. The zero-order valence-corrected chi connectivity index (χ0v) is 19.1. The minimum absolute atomic E-state index is 0.0885. The lowest BCUT2D eigenvalue weighted by atomic mass is 9.93. The van der Waals surface area contributed by atoms with Crippen LogP contribution in [0, 0.1) is 0 Å². The SMILES string of the molecule is CCCOc1ccc(/C(O)=C2/C(=O)C(=O)N(CCOC)C2c2ccc(C(C)C)cc2)cc1. The number of methoxy groups -OCH3 is 1. The van der Waals surface area contributed by atoms with E-state index in [2.05, 4.69) is 13.8 Å². The van der Waals surface area contributed by atoms with Crippen LogP contribution in [0.15, 0.2) is 54.1 Å². The van der Waals surface area contributed by atoms with E-state index < -0.39 is 17.7 Å². The maximum atomic E-state index is 13.0. The van der Waals surface area contributed by atoms with Crippen LogP contribution in [0.3, 0.4) is 0 Å². The summed E-state index contributed by atoms with van der Waals surface area (Å²) in [5.74, 6) is -0.474. The summed E-state index contributed by atoms with van der Waals surface area (Å²) in [6.07, 6.45) is 0.891. The predicted molar refractivity (Wildman–Crippen MR) is 124 cm³/mol.